The van der Waals surface area contributed by atoms with Crippen molar-refractivity contribution < 1.29 is 4.39 Å². The number of rotatable bonds is 6. The molecule has 3 heteroatoms. The van der Waals surface area contributed by atoms with E-state index in [4.69, 9.17) is 0 Å². The highest BCUT2D eigenvalue weighted by molar-refractivity contribution is 6.76. The smallest absolute Gasteiger partial charge is 0.123 e. The zero-order chi connectivity index (χ0) is 13.8. The van der Waals surface area contributed by atoms with Gasteiger partial charge in [-0.2, -0.15) is 0 Å². The molecule has 0 saturated heterocycles. The molecule has 0 bridgehead atoms. The van der Waals surface area contributed by atoms with E-state index in [1.807, 2.05) is 6.07 Å². The predicted octanol–water partition coefficient (Wildman–Crippen LogP) is 4.25. The summed E-state index contributed by atoms with van der Waals surface area (Å²) in [5.74, 6) is 0.299. The van der Waals surface area contributed by atoms with E-state index in [2.05, 4.69) is 44.9 Å². The Hall–Kier alpha value is -0.673. The lowest BCUT2D eigenvalue weighted by molar-refractivity contribution is 0.542. The van der Waals surface area contributed by atoms with Crippen molar-refractivity contribution in [1.29, 1.82) is 0 Å². The molecule has 0 fully saturated rings. The van der Waals surface area contributed by atoms with E-state index in [1.54, 1.807) is 6.07 Å². The molecule has 0 aliphatic heterocycles. The summed E-state index contributed by atoms with van der Waals surface area (Å²) < 4.78 is 13.4. The summed E-state index contributed by atoms with van der Waals surface area (Å²) in [4.78, 5) is 0. The number of hydrogen-bond donors (Lipinski definition) is 1. The van der Waals surface area contributed by atoms with Crippen LogP contribution in [0.15, 0.2) is 24.3 Å². The third kappa shape index (κ3) is 5.78. The van der Waals surface area contributed by atoms with Crippen LogP contribution in [0.4, 0.5) is 4.39 Å². The van der Waals surface area contributed by atoms with Gasteiger partial charge >= 0.3 is 0 Å². The summed E-state index contributed by atoms with van der Waals surface area (Å²) in [7, 11) is -1.15. The maximum atomic E-state index is 13.4. The predicted molar refractivity (Wildman–Crippen MR) is 80.4 cm³/mol. The van der Waals surface area contributed by atoms with Gasteiger partial charge in [-0.1, -0.05) is 45.6 Å². The molecule has 0 aliphatic rings. The van der Waals surface area contributed by atoms with Crippen molar-refractivity contribution in [3.05, 3.63) is 35.6 Å². The molecule has 0 aromatic heterocycles. The van der Waals surface area contributed by atoms with Crippen molar-refractivity contribution >= 4 is 8.07 Å². The van der Waals surface area contributed by atoms with Crippen LogP contribution in [-0.2, 0) is 0 Å². The Bertz CT molecular complexity index is 371. The highest BCUT2D eigenvalue weighted by atomic mass is 28.3. The molecule has 1 rings (SSSR count). The lowest BCUT2D eigenvalue weighted by Crippen LogP contribution is -2.32. The Kier molecular flexibility index (Phi) is 5.54. The molecule has 0 saturated carbocycles. The average molecular weight is 267 g/mol. The van der Waals surface area contributed by atoms with E-state index < -0.39 is 8.07 Å². The van der Waals surface area contributed by atoms with Crippen LogP contribution in [-0.4, -0.2) is 20.7 Å². The van der Waals surface area contributed by atoms with Crippen molar-refractivity contribution in [2.45, 2.75) is 51.5 Å². The Morgan fingerprint density at radius 1 is 1.22 bits per heavy atom. The van der Waals surface area contributed by atoms with Gasteiger partial charge in [-0.25, -0.2) is 4.39 Å². The first-order chi connectivity index (χ1) is 8.28. The maximum Gasteiger partial charge on any atom is 0.123 e. The van der Waals surface area contributed by atoms with Gasteiger partial charge in [0.05, 0.1) is 0 Å². The second kappa shape index (κ2) is 6.48. The Morgan fingerprint density at radius 3 is 2.39 bits per heavy atom. The molecule has 0 spiro atoms. The number of halogens is 1. The molecule has 1 aromatic rings. The lowest BCUT2D eigenvalue weighted by Gasteiger charge is -2.26. The molecule has 1 unspecified atom stereocenters. The van der Waals surface area contributed by atoms with Gasteiger partial charge in [0.1, 0.15) is 5.82 Å². The molecule has 18 heavy (non-hydrogen) atoms. The first-order valence-corrected chi connectivity index (χ1v) is 10.5. The largest absolute Gasteiger partial charge is 0.314 e. The van der Waals surface area contributed by atoms with Crippen molar-refractivity contribution in [1.82, 2.24) is 5.32 Å². The molecule has 0 aliphatic carbocycles. The van der Waals surface area contributed by atoms with Crippen LogP contribution in [0.25, 0.3) is 0 Å². The van der Waals surface area contributed by atoms with Gasteiger partial charge in [-0.3, -0.25) is 0 Å². The van der Waals surface area contributed by atoms with Crippen LogP contribution in [0.3, 0.4) is 0 Å². The third-order valence-electron chi connectivity index (χ3n) is 2.95. The van der Waals surface area contributed by atoms with Crippen molar-refractivity contribution in [2.24, 2.45) is 0 Å². The van der Waals surface area contributed by atoms with Crippen molar-refractivity contribution in [3.63, 3.8) is 0 Å². The van der Waals surface area contributed by atoms with Gasteiger partial charge in [-0.15, -0.1) is 0 Å². The average Bonchev–Trinajstić information content (AvgIpc) is 2.22. The van der Waals surface area contributed by atoms with Gasteiger partial charge in [0, 0.05) is 20.7 Å². The summed E-state index contributed by atoms with van der Waals surface area (Å²) in [6.07, 6.45) is 0. The first-order valence-electron chi connectivity index (χ1n) is 6.77. The molecular formula is C15H26FNSi. The monoisotopic (exact) mass is 267 g/mol. The molecule has 1 atom stereocenters. The van der Waals surface area contributed by atoms with Crippen LogP contribution >= 0.6 is 0 Å². The zero-order valence-corrected chi connectivity index (χ0v) is 13.3. The van der Waals surface area contributed by atoms with Crippen molar-refractivity contribution in [2.75, 3.05) is 6.54 Å². The third-order valence-corrected chi connectivity index (χ3v) is 4.67. The maximum absolute atomic E-state index is 13.4. The van der Waals surface area contributed by atoms with Crippen LogP contribution in [0.2, 0.25) is 25.7 Å². The Balaban J connectivity index is 2.82. The summed E-state index contributed by atoms with van der Waals surface area (Å²) in [5, 5.41) is 3.49. The van der Waals surface area contributed by atoms with Crippen molar-refractivity contribution in [3.8, 4) is 0 Å². The molecular weight excluding hydrogens is 241 g/mol. The zero-order valence-electron chi connectivity index (χ0n) is 12.3. The lowest BCUT2D eigenvalue weighted by atomic mass is 10.0. The molecule has 0 radical (unpaired) electrons. The summed E-state index contributed by atoms with van der Waals surface area (Å²) >= 11 is 0. The summed E-state index contributed by atoms with van der Waals surface area (Å²) in [6, 6.07) is 8.74. The van der Waals surface area contributed by atoms with Gasteiger partial charge in [0.15, 0.2) is 0 Å². The van der Waals surface area contributed by atoms with Gasteiger partial charge in [-0.05, 0) is 29.7 Å². The van der Waals surface area contributed by atoms with E-state index in [1.165, 1.54) is 12.1 Å². The second-order valence-electron chi connectivity index (χ2n) is 6.58. The van der Waals surface area contributed by atoms with E-state index in [9.17, 15) is 4.39 Å². The minimum absolute atomic E-state index is 0.127. The fourth-order valence-corrected chi connectivity index (χ4v) is 4.04. The van der Waals surface area contributed by atoms with Crippen LogP contribution < -0.4 is 5.32 Å². The Morgan fingerprint density at radius 2 is 1.89 bits per heavy atom. The fourth-order valence-electron chi connectivity index (χ4n) is 2.19. The van der Waals surface area contributed by atoms with E-state index in [0.717, 1.165) is 12.1 Å². The van der Waals surface area contributed by atoms with E-state index in [-0.39, 0.29) is 5.82 Å². The number of hydrogen-bond acceptors (Lipinski definition) is 1. The minimum Gasteiger partial charge on any atom is -0.314 e. The number of nitrogens with one attached hydrogen (secondary N) is 1. The quantitative estimate of drug-likeness (QED) is 0.760. The second-order valence-corrected chi connectivity index (χ2v) is 12.1. The fraction of sp³-hybridized carbons (Fsp3) is 0.600. The van der Waals surface area contributed by atoms with Gasteiger partial charge < -0.3 is 5.32 Å². The molecule has 102 valence electrons. The molecule has 1 nitrogen and oxygen atoms in total. The first kappa shape index (κ1) is 15.4. The van der Waals surface area contributed by atoms with Gasteiger partial charge in [0.25, 0.3) is 0 Å². The highest BCUT2D eigenvalue weighted by Gasteiger charge is 2.22. The SMILES string of the molecule is CC(C)NCC(C[Si](C)(C)C)c1cccc(F)c1. The molecule has 1 N–H and O–H groups in total. The van der Waals surface area contributed by atoms with E-state index >= 15 is 0 Å². The molecule has 1 aromatic carbocycles. The normalized spacial score (nSPS) is 13.9. The van der Waals surface area contributed by atoms with Crippen LogP contribution in [0.5, 0.6) is 0 Å². The van der Waals surface area contributed by atoms with Crippen LogP contribution in [0, 0.1) is 5.82 Å². The topological polar surface area (TPSA) is 12.0 Å². The minimum atomic E-state index is -1.15. The standard InChI is InChI=1S/C15H26FNSi/c1-12(2)17-10-14(11-18(3,4)5)13-7-6-8-15(16)9-13/h6-9,12,14,17H,10-11H2,1-5H3. The van der Waals surface area contributed by atoms with Gasteiger partial charge in [0.2, 0.25) is 0 Å². The molecule has 0 amide bonds. The molecule has 0 heterocycles. The van der Waals surface area contributed by atoms with E-state index in [0.29, 0.717) is 12.0 Å². The highest BCUT2D eigenvalue weighted by Crippen LogP contribution is 2.26. The number of benzene rings is 1. The summed E-state index contributed by atoms with van der Waals surface area (Å²) in [6.45, 7) is 12.3. The van der Waals surface area contributed by atoms with Crippen LogP contribution in [0.1, 0.15) is 25.3 Å². The Labute approximate surface area is 112 Å². The summed E-state index contributed by atoms with van der Waals surface area (Å²) in [5.41, 5.74) is 1.13.